The summed E-state index contributed by atoms with van der Waals surface area (Å²) >= 11 is 12.0. The average Bonchev–Trinajstić information content (AvgIpc) is 3.05. The molecule has 0 bridgehead atoms. The van der Waals surface area contributed by atoms with Crippen LogP contribution in [-0.4, -0.2) is 62.3 Å². The fraction of sp³-hybridized carbons (Fsp3) is 0.529. The fourth-order valence-electron chi connectivity index (χ4n) is 3.16. The molecule has 1 fully saturated rings. The molecule has 0 N–H and O–H groups in total. The van der Waals surface area contributed by atoms with Crippen molar-refractivity contribution in [1.82, 2.24) is 19.5 Å². The van der Waals surface area contributed by atoms with Gasteiger partial charge in [0.25, 0.3) is 0 Å². The van der Waals surface area contributed by atoms with Crippen molar-refractivity contribution in [3.63, 3.8) is 0 Å². The molecule has 162 valence electrons. The second-order valence-corrected chi connectivity index (χ2v) is 7.19. The lowest BCUT2D eigenvalue weighted by Gasteiger charge is -2.40. The summed E-state index contributed by atoms with van der Waals surface area (Å²) in [6, 6.07) is 0. The Hall–Kier alpha value is -2.50. The molecule has 30 heavy (non-hydrogen) atoms. The number of ether oxygens (including phenoxy) is 4. The van der Waals surface area contributed by atoms with Crippen LogP contribution in [0.5, 0.6) is 0 Å². The zero-order chi connectivity index (χ0) is 22.0. The van der Waals surface area contributed by atoms with Crippen molar-refractivity contribution in [1.29, 1.82) is 0 Å². The van der Waals surface area contributed by atoms with Crippen LogP contribution in [0.2, 0.25) is 10.4 Å². The summed E-state index contributed by atoms with van der Waals surface area (Å²) in [5.41, 5.74) is 0.594. The molecule has 0 aromatic carbocycles. The minimum absolute atomic E-state index is 0.0605. The number of hydrogen-bond acceptors (Lipinski definition) is 10. The van der Waals surface area contributed by atoms with E-state index in [4.69, 9.17) is 42.1 Å². The fourth-order valence-corrected chi connectivity index (χ4v) is 3.58. The van der Waals surface area contributed by atoms with E-state index < -0.39 is 42.4 Å². The van der Waals surface area contributed by atoms with Crippen molar-refractivity contribution in [2.75, 3.05) is 6.61 Å². The van der Waals surface area contributed by atoms with Crippen molar-refractivity contribution >= 4 is 52.3 Å². The third-order valence-corrected chi connectivity index (χ3v) is 4.66. The van der Waals surface area contributed by atoms with Gasteiger partial charge in [0.15, 0.2) is 16.9 Å². The van der Waals surface area contributed by atoms with Crippen LogP contribution < -0.4 is 0 Å². The smallest absolute Gasteiger partial charge is 0.303 e. The molecule has 0 saturated carbocycles. The minimum atomic E-state index is -0.987. The van der Waals surface area contributed by atoms with E-state index in [9.17, 15) is 14.4 Å². The number of hydrogen-bond donors (Lipinski definition) is 0. The van der Waals surface area contributed by atoms with Crippen LogP contribution in [0.25, 0.3) is 11.2 Å². The van der Waals surface area contributed by atoms with E-state index in [2.05, 4.69) is 15.0 Å². The maximum Gasteiger partial charge on any atom is 0.303 e. The molecular formula is C17H18Cl2N4O7. The molecule has 13 heteroatoms. The number of esters is 3. The van der Waals surface area contributed by atoms with Crippen molar-refractivity contribution in [3.05, 3.63) is 16.8 Å². The van der Waals surface area contributed by atoms with Crippen LogP contribution in [-0.2, 0) is 33.3 Å². The van der Waals surface area contributed by atoms with Crippen LogP contribution in [0.1, 0.15) is 33.4 Å². The van der Waals surface area contributed by atoms with Gasteiger partial charge in [-0.05, 0) is 11.6 Å². The average molecular weight is 461 g/mol. The Bertz CT molecular complexity index is 982. The summed E-state index contributed by atoms with van der Waals surface area (Å²) in [6.07, 6.45) is -2.04. The summed E-state index contributed by atoms with van der Waals surface area (Å²) in [5.74, 6) is -1.73. The van der Waals surface area contributed by atoms with Gasteiger partial charge < -0.3 is 18.9 Å². The number of fused-ring (bicyclic) bond motifs is 1. The Morgan fingerprint density at radius 1 is 1.13 bits per heavy atom. The summed E-state index contributed by atoms with van der Waals surface area (Å²) in [5, 5.41) is -0.0267. The predicted octanol–water partition coefficient (Wildman–Crippen LogP) is 1.85. The second kappa shape index (κ2) is 9.11. The first-order valence-corrected chi connectivity index (χ1v) is 9.60. The van der Waals surface area contributed by atoms with E-state index in [-0.39, 0.29) is 23.5 Å². The molecule has 0 aliphatic carbocycles. The third kappa shape index (κ3) is 4.97. The molecule has 11 nitrogen and oxygen atoms in total. The van der Waals surface area contributed by atoms with E-state index in [1.54, 1.807) is 0 Å². The highest BCUT2D eigenvalue weighted by molar-refractivity contribution is 6.35. The molecule has 1 aliphatic heterocycles. The number of halogens is 2. The van der Waals surface area contributed by atoms with Gasteiger partial charge in [-0.25, -0.2) is 9.97 Å². The number of aromatic nitrogens is 4. The van der Waals surface area contributed by atoms with Gasteiger partial charge in [0.1, 0.15) is 30.6 Å². The number of carbonyl (C=O) groups is 3. The van der Waals surface area contributed by atoms with Crippen molar-refractivity contribution in [2.24, 2.45) is 0 Å². The van der Waals surface area contributed by atoms with Crippen molar-refractivity contribution in [2.45, 2.75) is 51.7 Å². The molecule has 0 amide bonds. The van der Waals surface area contributed by atoms with Crippen LogP contribution in [0.3, 0.4) is 0 Å². The summed E-state index contributed by atoms with van der Waals surface area (Å²) in [7, 11) is 0. The minimum Gasteiger partial charge on any atom is -0.463 e. The van der Waals surface area contributed by atoms with E-state index in [0.717, 1.165) is 0 Å². The van der Waals surface area contributed by atoms with Gasteiger partial charge in [0.05, 0.1) is 6.33 Å². The first kappa shape index (κ1) is 22.2. The van der Waals surface area contributed by atoms with Gasteiger partial charge in [-0.3, -0.25) is 19.0 Å². The molecular weight excluding hydrogens is 443 g/mol. The lowest BCUT2D eigenvalue weighted by Crippen LogP contribution is -2.52. The number of imidazole rings is 1. The molecule has 2 aromatic rings. The van der Waals surface area contributed by atoms with Gasteiger partial charge in [0, 0.05) is 27.2 Å². The summed E-state index contributed by atoms with van der Waals surface area (Å²) < 4.78 is 23.3. The van der Waals surface area contributed by atoms with E-state index in [1.807, 2.05) is 0 Å². The van der Waals surface area contributed by atoms with Crippen molar-refractivity contribution < 1.29 is 33.3 Å². The standard InChI is InChI=1S/C17H18Cl2N4O7/c1-7(24)27-5-11-14(29-9(3)26)10(28-8(2)25)4-12(30-11)23-6-20-13-15(18)21-17(19)22-16(13)23/h6,10-12,14H,4-5H2,1-3H3/t10?,11?,12?,14-/m0/s1. The molecule has 3 heterocycles. The number of nitrogens with zero attached hydrogens (tertiary/aromatic N) is 4. The van der Waals surface area contributed by atoms with Gasteiger partial charge >= 0.3 is 17.9 Å². The highest BCUT2D eigenvalue weighted by Crippen LogP contribution is 2.34. The topological polar surface area (TPSA) is 132 Å². The van der Waals surface area contributed by atoms with Crippen LogP contribution in [0, 0.1) is 0 Å². The molecule has 0 spiro atoms. The first-order valence-electron chi connectivity index (χ1n) is 8.84. The quantitative estimate of drug-likeness (QED) is 0.281. The van der Waals surface area contributed by atoms with E-state index in [0.29, 0.717) is 11.2 Å². The van der Waals surface area contributed by atoms with E-state index >= 15 is 0 Å². The van der Waals surface area contributed by atoms with Crippen LogP contribution in [0.4, 0.5) is 0 Å². The highest BCUT2D eigenvalue weighted by Gasteiger charge is 2.44. The van der Waals surface area contributed by atoms with Gasteiger partial charge in [-0.1, -0.05) is 11.6 Å². The molecule has 1 saturated heterocycles. The predicted molar refractivity (Wildman–Crippen MR) is 102 cm³/mol. The maximum atomic E-state index is 11.6. The Morgan fingerprint density at radius 2 is 1.83 bits per heavy atom. The summed E-state index contributed by atoms with van der Waals surface area (Å²) in [4.78, 5) is 46.7. The number of carbonyl (C=O) groups excluding carboxylic acids is 3. The lowest BCUT2D eigenvalue weighted by atomic mass is 10.00. The monoisotopic (exact) mass is 460 g/mol. The Kier molecular flexibility index (Phi) is 6.74. The molecule has 1 aliphatic rings. The van der Waals surface area contributed by atoms with Crippen LogP contribution >= 0.6 is 23.2 Å². The Morgan fingerprint density at radius 3 is 2.47 bits per heavy atom. The molecule has 0 radical (unpaired) electrons. The largest absolute Gasteiger partial charge is 0.463 e. The first-order chi connectivity index (χ1) is 14.2. The Labute approximate surface area is 180 Å². The van der Waals surface area contributed by atoms with Crippen LogP contribution in [0.15, 0.2) is 6.33 Å². The SMILES string of the molecule is CC(=O)OCC1OC(n2cnc3c(Cl)nc(Cl)nc32)CC(OC(C)=O)[C@@H]1OC(C)=O. The van der Waals surface area contributed by atoms with Gasteiger partial charge in [-0.2, -0.15) is 4.98 Å². The van der Waals surface area contributed by atoms with Gasteiger partial charge in [0.2, 0.25) is 5.28 Å². The Balaban J connectivity index is 1.98. The van der Waals surface area contributed by atoms with Gasteiger partial charge in [-0.15, -0.1) is 0 Å². The third-order valence-electron chi connectivity index (χ3n) is 4.23. The molecule has 3 unspecified atom stereocenters. The maximum absolute atomic E-state index is 11.6. The zero-order valence-corrected chi connectivity index (χ0v) is 17.7. The number of rotatable bonds is 5. The van der Waals surface area contributed by atoms with E-state index in [1.165, 1.54) is 31.7 Å². The molecule has 2 aromatic heterocycles. The molecule has 3 rings (SSSR count). The normalized spacial score (nSPS) is 23.8. The van der Waals surface area contributed by atoms with Crippen molar-refractivity contribution in [3.8, 4) is 0 Å². The zero-order valence-electron chi connectivity index (χ0n) is 16.2. The lowest BCUT2D eigenvalue weighted by molar-refractivity contribution is -0.226. The summed E-state index contributed by atoms with van der Waals surface area (Å²) in [6.45, 7) is 3.44. The highest BCUT2D eigenvalue weighted by atomic mass is 35.5. The molecule has 4 atom stereocenters. The second-order valence-electron chi connectivity index (χ2n) is 6.50.